The van der Waals surface area contributed by atoms with E-state index in [0.717, 1.165) is 0 Å². The fourth-order valence-electron chi connectivity index (χ4n) is 1.14. The normalized spacial score (nSPS) is 10.4. The van der Waals surface area contributed by atoms with E-state index in [0.29, 0.717) is 0 Å². The van der Waals surface area contributed by atoms with Crippen LogP contribution < -0.4 is 65.6 Å². The zero-order chi connectivity index (χ0) is 12.2. The fourth-order valence-corrected chi connectivity index (χ4v) is 1.14. The Kier molecular flexibility index (Phi) is 7.57. The van der Waals surface area contributed by atoms with E-state index < -0.39 is 13.5 Å². The Bertz CT molecular complexity index is 338. The molecular weight excluding hydrogens is 263 g/mol. The smallest absolute Gasteiger partial charge is 0.516 e. The standard InChI is InChI=1S/C9H11BF3O3.K/c1-14-7-4-3-5-8(15-2)9(7)16-6-10(11,12)13;/h3-5H,6H2,1-2H3;/q-1;+1. The molecular formula is C9H11BF3KO3. The van der Waals surface area contributed by atoms with Crippen LogP contribution in [0.4, 0.5) is 12.9 Å². The Morgan fingerprint density at radius 2 is 1.53 bits per heavy atom. The molecule has 1 rings (SSSR count). The van der Waals surface area contributed by atoms with Crippen molar-refractivity contribution in [1.82, 2.24) is 0 Å². The van der Waals surface area contributed by atoms with Crippen LogP contribution in [-0.4, -0.2) is 27.7 Å². The van der Waals surface area contributed by atoms with Gasteiger partial charge in [-0.1, -0.05) is 6.07 Å². The summed E-state index contributed by atoms with van der Waals surface area (Å²) in [6.07, 6.45) is 0. The Labute approximate surface area is 140 Å². The molecule has 0 saturated carbocycles. The number of ether oxygens (including phenoxy) is 3. The minimum Gasteiger partial charge on any atom is -0.516 e. The number of hydrogen-bond acceptors (Lipinski definition) is 3. The predicted molar refractivity (Wildman–Crippen MR) is 54.1 cm³/mol. The summed E-state index contributed by atoms with van der Waals surface area (Å²) in [6, 6.07) is 4.60. The SMILES string of the molecule is COc1cccc(OC)c1OC[B-](F)(F)F.[K+]. The van der Waals surface area contributed by atoms with Crippen LogP contribution in [0, 0.1) is 0 Å². The molecule has 1 aromatic carbocycles. The minimum absolute atomic E-state index is 0. The molecule has 0 unspecified atom stereocenters. The summed E-state index contributed by atoms with van der Waals surface area (Å²) in [7, 11) is 2.70. The largest absolute Gasteiger partial charge is 1.00 e. The Hall–Kier alpha value is 0.111. The van der Waals surface area contributed by atoms with E-state index in [4.69, 9.17) is 9.47 Å². The third kappa shape index (κ3) is 5.52. The van der Waals surface area contributed by atoms with Crippen molar-refractivity contribution in [3.8, 4) is 17.2 Å². The van der Waals surface area contributed by atoms with Gasteiger partial charge in [-0.3, -0.25) is 0 Å². The van der Waals surface area contributed by atoms with Gasteiger partial charge in [0, 0.05) is 0 Å². The van der Waals surface area contributed by atoms with Gasteiger partial charge in [0.1, 0.15) is 0 Å². The topological polar surface area (TPSA) is 27.7 Å². The van der Waals surface area contributed by atoms with Gasteiger partial charge in [0.15, 0.2) is 11.5 Å². The maximum absolute atomic E-state index is 12.1. The first-order chi connectivity index (χ1) is 7.48. The first-order valence-electron chi connectivity index (χ1n) is 4.52. The van der Waals surface area contributed by atoms with Crippen LogP contribution in [0.3, 0.4) is 0 Å². The molecule has 0 heterocycles. The maximum atomic E-state index is 12.1. The molecule has 17 heavy (non-hydrogen) atoms. The van der Waals surface area contributed by atoms with Crippen molar-refractivity contribution >= 4 is 6.98 Å². The summed E-state index contributed by atoms with van der Waals surface area (Å²) in [5, 5.41) is 0. The van der Waals surface area contributed by atoms with Gasteiger partial charge in [0.25, 0.3) is 0 Å². The van der Waals surface area contributed by atoms with Gasteiger partial charge in [0.2, 0.25) is 5.75 Å². The van der Waals surface area contributed by atoms with Gasteiger partial charge in [-0.2, -0.15) is 0 Å². The molecule has 0 aliphatic heterocycles. The van der Waals surface area contributed by atoms with Gasteiger partial charge in [-0.25, -0.2) is 0 Å². The van der Waals surface area contributed by atoms with E-state index in [-0.39, 0.29) is 68.6 Å². The van der Waals surface area contributed by atoms with E-state index >= 15 is 0 Å². The summed E-state index contributed by atoms with van der Waals surface area (Å²) in [4.78, 5) is 0. The molecule has 0 spiro atoms. The maximum Gasteiger partial charge on any atom is 1.00 e. The number of benzene rings is 1. The van der Waals surface area contributed by atoms with Crippen LogP contribution in [0.25, 0.3) is 0 Å². The molecule has 8 heteroatoms. The first-order valence-corrected chi connectivity index (χ1v) is 4.52. The van der Waals surface area contributed by atoms with Gasteiger partial charge in [0.05, 0.1) is 20.7 Å². The van der Waals surface area contributed by atoms with E-state index in [1.807, 2.05) is 0 Å². The summed E-state index contributed by atoms with van der Waals surface area (Å²) in [6.45, 7) is -6.33. The molecule has 0 saturated heterocycles. The molecule has 90 valence electrons. The van der Waals surface area contributed by atoms with Crippen molar-refractivity contribution < 1.29 is 78.5 Å². The molecule has 0 aliphatic carbocycles. The molecule has 0 amide bonds. The van der Waals surface area contributed by atoms with E-state index in [1.165, 1.54) is 26.4 Å². The zero-order valence-electron chi connectivity index (χ0n) is 9.88. The second kappa shape index (κ2) is 7.52. The van der Waals surface area contributed by atoms with Crippen molar-refractivity contribution in [2.24, 2.45) is 0 Å². The summed E-state index contributed by atoms with van der Waals surface area (Å²) >= 11 is 0. The van der Waals surface area contributed by atoms with Crippen molar-refractivity contribution in [3.05, 3.63) is 18.2 Å². The average molecular weight is 274 g/mol. The Balaban J connectivity index is 0.00000256. The van der Waals surface area contributed by atoms with Gasteiger partial charge in [-0.05, 0) is 12.1 Å². The minimum atomic E-state index is -5.00. The number of rotatable bonds is 5. The van der Waals surface area contributed by atoms with Crippen molar-refractivity contribution in [2.45, 2.75) is 0 Å². The molecule has 0 aromatic heterocycles. The van der Waals surface area contributed by atoms with Crippen LogP contribution >= 0.6 is 0 Å². The first kappa shape index (κ1) is 17.1. The molecule has 0 bridgehead atoms. The van der Waals surface area contributed by atoms with Crippen LogP contribution in [0.2, 0.25) is 0 Å². The predicted octanol–water partition coefficient (Wildman–Crippen LogP) is -0.527. The number of methoxy groups -OCH3 is 2. The van der Waals surface area contributed by atoms with E-state index in [9.17, 15) is 12.9 Å². The van der Waals surface area contributed by atoms with Crippen LogP contribution in [-0.2, 0) is 0 Å². The second-order valence-corrected chi connectivity index (χ2v) is 3.01. The molecule has 3 nitrogen and oxygen atoms in total. The molecule has 0 N–H and O–H groups in total. The van der Waals surface area contributed by atoms with Gasteiger partial charge >= 0.3 is 58.4 Å². The van der Waals surface area contributed by atoms with Crippen LogP contribution in [0.15, 0.2) is 18.2 Å². The van der Waals surface area contributed by atoms with Gasteiger partial charge < -0.3 is 27.2 Å². The average Bonchev–Trinajstić information content (AvgIpc) is 2.24. The molecule has 0 aliphatic rings. The summed E-state index contributed by atoms with van der Waals surface area (Å²) in [5.41, 5.74) is 0. The monoisotopic (exact) mass is 274 g/mol. The second-order valence-electron chi connectivity index (χ2n) is 3.01. The Morgan fingerprint density at radius 3 is 1.88 bits per heavy atom. The summed E-state index contributed by atoms with van der Waals surface area (Å²) in [5.74, 6) is 0.380. The zero-order valence-corrected chi connectivity index (χ0v) is 13.0. The number of halogens is 3. The molecule has 0 radical (unpaired) electrons. The molecule has 1 aromatic rings. The summed E-state index contributed by atoms with van der Waals surface area (Å²) < 4.78 is 50.6. The van der Waals surface area contributed by atoms with E-state index in [2.05, 4.69) is 4.74 Å². The third-order valence-corrected chi connectivity index (χ3v) is 1.80. The molecule has 0 atom stereocenters. The van der Waals surface area contributed by atoms with Crippen molar-refractivity contribution in [2.75, 3.05) is 20.7 Å². The fraction of sp³-hybridized carbons (Fsp3) is 0.333. The van der Waals surface area contributed by atoms with E-state index in [1.54, 1.807) is 6.07 Å². The third-order valence-electron chi connectivity index (χ3n) is 1.80. The van der Waals surface area contributed by atoms with Gasteiger partial charge in [-0.15, -0.1) is 0 Å². The molecule has 0 fully saturated rings. The van der Waals surface area contributed by atoms with Crippen LogP contribution in [0.1, 0.15) is 0 Å². The van der Waals surface area contributed by atoms with Crippen molar-refractivity contribution in [3.63, 3.8) is 0 Å². The van der Waals surface area contributed by atoms with Crippen molar-refractivity contribution in [1.29, 1.82) is 0 Å². The quantitative estimate of drug-likeness (QED) is 0.676. The Morgan fingerprint density at radius 1 is 1.06 bits per heavy atom. The van der Waals surface area contributed by atoms with Crippen LogP contribution in [0.5, 0.6) is 17.2 Å². The number of hydrogen-bond donors (Lipinski definition) is 0. The number of para-hydroxylation sites is 1.